The largest absolute Gasteiger partial charge is 0.488 e. The molecule has 0 fully saturated rings. The van der Waals surface area contributed by atoms with Crippen molar-refractivity contribution in [3.63, 3.8) is 0 Å². The summed E-state index contributed by atoms with van der Waals surface area (Å²) in [6, 6.07) is 0. The molecule has 6 unspecified atom stereocenters. The van der Waals surface area contributed by atoms with E-state index in [1.54, 1.807) is 13.2 Å². The summed E-state index contributed by atoms with van der Waals surface area (Å²) >= 11 is 0. The van der Waals surface area contributed by atoms with Crippen LogP contribution in [0.1, 0.15) is 72.1 Å². The van der Waals surface area contributed by atoms with Gasteiger partial charge in [-0.3, -0.25) is 4.79 Å². The second-order valence-corrected chi connectivity index (χ2v) is 10.5. The molecule has 0 aromatic rings. The second-order valence-electron chi connectivity index (χ2n) is 10.5. The summed E-state index contributed by atoms with van der Waals surface area (Å²) in [5.41, 5.74) is 1.43. The summed E-state index contributed by atoms with van der Waals surface area (Å²) in [7, 11) is 1.68. The summed E-state index contributed by atoms with van der Waals surface area (Å²) in [5, 5.41) is 10.5. The van der Waals surface area contributed by atoms with Crippen LogP contribution in [-0.2, 0) is 19.0 Å². The molecule has 1 N–H and O–H groups in total. The Bertz CT molecular complexity index is 849. The monoisotopic (exact) mass is 512 g/mol. The maximum Gasteiger partial charge on any atom is 0.136 e. The Hall–Kier alpha value is -2.21. The van der Waals surface area contributed by atoms with Crippen molar-refractivity contribution in [1.82, 2.24) is 0 Å². The lowest BCUT2D eigenvalue weighted by atomic mass is 9.89. The predicted molar refractivity (Wildman–Crippen MR) is 151 cm³/mol. The fourth-order valence-electron chi connectivity index (χ4n) is 5.01. The summed E-state index contributed by atoms with van der Waals surface area (Å²) in [6.45, 7) is 10.8. The molecule has 0 amide bonds. The van der Waals surface area contributed by atoms with Crippen LogP contribution in [-0.4, -0.2) is 49.0 Å². The highest BCUT2D eigenvalue weighted by Crippen LogP contribution is 2.26. The Morgan fingerprint density at radius 3 is 2.78 bits per heavy atom. The lowest BCUT2D eigenvalue weighted by Gasteiger charge is -2.25. The van der Waals surface area contributed by atoms with Crippen LogP contribution < -0.4 is 0 Å². The van der Waals surface area contributed by atoms with Crippen molar-refractivity contribution < 1.29 is 24.1 Å². The van der Waals surface area contributed by atoms with Crippen molar-refractivity contribution in [3.8, 4) is 0 Å². The van der Waals surface area contributed by atoms with Crippen LogP contribution in [0.25, 0.3) is 0 Å². The molecule has 37 heavy (non-hydrogen) atoms. The van der Waals surface area contributed by atoms with Crippen LogP contribution in [0.5, 0.6) is 0 Å². The Labute approximate surface area is 224 Å². The van der Waals surface area contributed by atoms with Crippen LogP contribution in [0.3, 0.4) is 0 Å². The van der Waals surface area contributed by atoms with E-state index in [-0.39, 0.29) is 36.4 Å². The molecule has 6 atom stereocenters. The van der Waals surface area contributed by atoms with Gasteiger partial charge in [-0.1, -0.05) is 67.7 Å². The molecular formula is C32H48O5. The lowest BCUT2D eigenvalue weighted by molar-refractivity contribution is -0.121. The van der Waals surface area contributed by atoms with Crippen LogP contribution in [0.2, 0.25) is 0 Å². The summed E-state index contributed by atoms with van der Waals surface area (Å²) in [4.78, 5) is 12.5. The standard InChI is InChI=1S/C32H48O5/c1-6-11-26(4)37-32(31(35-5)18-17-27-13-9-12-24(2)20-27)16-10-14-28(33)23-29(34)21-25(3)22-30-15-7-8-19-36-30/h6-8,10-12,14,17-18,25,27-28,30-33H,4,9,13,15-16,19-23H2,1-3,5H3/b11-6-,14-10+,18-17+. The van der Waals surface area contributed by atoms with Crippen molar-refractivity contribution in [2.75, 3.05) is 13.7 Å². The first-order chi connectivity index (χ1) is 17.8. The van der Waals surface area contributed by atoms with Crippen LogP contribution in [0.4, 0.5) is 0 Å². The summed E-state index contributed by atoms with van der Waals surface area (Å²) in [6.07, 6.45) is 23.1. The van der Waals surface area contributed by atoms with Crippen molar-refractivity contribution in [1.29, 1.82) is 0 Å². The van der Waals surface area contributed by atoms with Gasteiger partial charge in [0.2, 0.25) is 0 Å². The van der Waals surface area contributed by atoms with Gasteiger partial charge in [-0.05, 0) is 63.9 Å². The smallest absolute Gasteiger partial charge is 0.136 e. The Morgan fingerprint density at radius 1 is 1.30 bits per heavy atom. The number of allylic oxidation sites excluding steroid dienone is 5. The van der Waals surface area contributed by atoms with Crippen LogP contribution in [0, 0.1) is 11.8 Å². The molecule has 0 aromatic heterocycles. The highest BCUT2D eigenvalue weighted by Gasteiger charge is 2.22. The molecule has 0 spiro atoms. The minimum absolute atomic E-state index is 0.0692. The number of ketones is 1. The Morgan fingerprint density at radius 2 is 2.11 bits per heavy atom. The molecule has 206 valence electrons. The SMILES string of the molecule is C=C(/C=C\C)OC(C/C=C/C(O)CC(=O)CC(C)CC1CC=CCO1)C(/C=C/C1CCC=C(C)C1)OC. The highest BCUT2D eigenvalue weighted by molar-refractivity contribution is 5.79. The van der Waals surface area contributed by atoms with Crippen molar-refractivity contribution in [3.05, 3.63) is 72.6 Å². The van der Waals surface area contributed by atoms with E-state index in [0.29, 0.717) is 31.1 Å². The molecule has 0 saturated carbocycles. The molecule has 5 nitrogen and oxygen atoms in total. The number of aliphatic hydroxyl groups excluding tert-OH is 1. The zero-order chi connectivity index (χ0) is 27.0. The van der Waals surface area contributed by atoms with Gasteiger partial charge in [-0.25, -0.2) is 0 Å². The molecule has 5 heteroatoms. The first-order valence-corrected chi connectivity index (χ1v) is 13.8. The number of carbonyl (C=O) groups excluding carboxylic acids is 1. The molecule has 2 rings (SSSR count). The normalized spacial score (nSPS) is 23.8. The number of aliphatic hydroxyl groups is 1. The van der Waals surface area contributed by atoms with E-state index in [9.17, 15) is 9.90 Å². The second kappa shape index (κ2) is 17.3. The van der Waals surface area contributed by atoms with Crippen LogP contribution in [0.15, 0.2) is 72.6 Å². The van der Waals surface area contributed by atoms with E-state index in [2.05, 4.69) is 44.7 Å². The van der Waals surface area contributed by atoms with Gasteiger partial charge < -0.3 is 19.3 Å². The van der Waals surface area contributed by atoms with Gasteiger partial charge in [0.05, 0.1) is 18.8 Å². The number of hydrogen-bond donors (Lipinski definition) is 1. The van der Waals surface area contributed by atoms with E-state index in [1.807, 2.05) is 31.2 Å². The van der Waals surface area contributed by atoms with E-state index < -0.39 is 6.10 Å². The third kappa shape index (κ3) is 12.7. The molecule has 2 aliphatic rings. The highest BCUT2D eigenvalue weighted by atomic mass is 16.5. The van der Waals surface area contributed by atoms with Gasteiger partial charge in [0.25, 0.3) is 0 Å². The number of ether oxygens (including phenoxy) is 3. The summed E-state index contributed by atoms with van der Waals surface area (Å²) in [5.74, 6) is 1.37. The van der Waals surface area contributed by atoms with E-state index in [1.165, 1.54) is 5.57 Å². The van der Waals surface area contributed by atoms with Crippen molar-refractivity contribution in [2.45, 2.75) is 96.6 Å². The average Bonchev–Trinajstić information content (AvgIpc) is 2.84. The molecule has 0 saturated heterocycles. The fraction of sp³-hybridized carbons (Fsp3) is 0.594. The first kappa shape index (κ1) is 31.0. The average molecular weight is 513 g/mol. The number of carbonyl (C=O) groups is 1. The predicted octanol–water partition coefficient (Wildman–Crippen LogP) is 6.81. The third-order valence-corrected chi connectivity index (χ3v) is 6.88. The topological polar surface area (TPSA) is 65.0 Å². The van der Waals surface area contributed by atoms with E-state index in [4.69, 9.17) is 14.2 Å². The van der Waals surface area contributed by atoms with Gasteiger partial charge in [-0.2, -0.15) is 0 Å². The van der Waals surface area contributed by atoms with Gasteiger partial charge in [0.15, 0.2) is 0 Å². The fourth-order valence-corrected chi connectivity index (χ4v) is 5.01. The van der Waals surface area contributed by atoms with Gasteiger partial charge in [0, 0.05) is 26.4 Å². The molecule has 0 radical (unpaired) electrons. The third-order valence-electron chi connectivity index (χ3n) is 6.88. The van der Waals surface area contributed by atoms with Gasteiger partial charge >= 0.3 is 0 Å². The number of hydrogen-bond acceptors (Lipinski definition) is 5. The van der Waals surface area contributed by atoms with Crippen LogP contribution >= 0.6 is 0 Å². The lowest BCUT2D eigenvalue weighted by Crippen LogP contribution is -2.29. The number of Topliss-reactive ketones (excluding diaryl/α,β-unsaturated/α-hetero) is 1. The molecule has 0 aromatic carbocycles. The summed E-state index contributed by atoms with van der Waals surface area (Å²) < 4.78 is 17.6. The van der Waals surface area contributed by atoms with Gasteiger partial charge in [-0.15, -0.1) is 0 Å². The molecule has 1 aliphatic heterocycles. The maximum atomic E-state index is 12.5. The minimum Gasteiger partial charge on any atom is -0.488 e. The number of rotatable bonds is 16. The maximum absolute atomic E-state index is 12.5. The zero-order valence-electron chi connectivity index (χ0n) is 23.3. The zero-order valence-corrected chi connectivity index (χ0v) is 23.3. The minimum atomic E-state index is -0.818. The van der Waals surface area contributed by atoms with E-state index in [0.717, 1.165) is 32.1 Å². The van der Waals surface area contributed by atoms with E-state index >= 15 is 0 Å². The number of methoxy groups -OCH3 is 1. The first-order valence-electron chi connectivity index (χ1n) is 13.8. The molecule has 1 aliphatic carbocycles. The van der Waals surface area contributed by atoms with Crippen molar-refractivity contribution in [2.24, 2.45) is 11.8 Å². The Balaban J connectivity index is 1.89. The Kier molecular flexibility index (Phi) is 14.5. The molecular weight excluding hydrogens is 464 g/mol. The molecule has 0 bridgehead atoms. The molecule has 1 heterocycles. The quantitative estimate of drug-likeness (QED) is 0.140. The van der Waals surface area contributed by atoms with Crippen molar-refractivity contribution >= 4 is 5.78 Å². The van der Waals surface area contributed by atoms with Gasteiger partial charge in [0.1, 0.15) is 23.8 Å².